The molecule has 0 saturated carbocycles. The monoisotopic (exact) mass is 1120 g/mol. The maximum Gasteiger partial charge on any atom is 0.488 e. The molecule has 0 spiro atoms. The first kappa shape index (κ1) is 40.8. The predicted octanol–water partition coefficient (Wildman–Crippen LogP) is 14.3. The fraction of sp³-hybridized carbons (Fsp3) is 0. The standard InChI is InChI=1S/C24H15Br2N.C18H14BNO2.C6H3Br2I/c25-20-10-6-11-21(26)24(20)16-13-14-23-19(15-16)18-9-4-5-12-22(18)27(23)17-7-2-1-3-8-17;21-19(22)13-10-11-18-16(12-13)15-8-4-5-9-17(15)20(18)14-6-2-1-3-7-14;7-4-2-1-3-5(8)6(4)9/h1-15H;1-12,21-22H;1-3H. The van der Waals surface area contributed by atoms with Gasteiger partial charge in [-0.15, -0.1) is 0 Å². The number of fused-ring (bicyclic) bond motifs is 6. The van der Waals surface area contributed by atoms with E-state index in [1.807, 2.05) is 66.7 Å². The van der Waals surface area contributed by atoms with Crippen LogP contribution in [-0.4, -0.2) is 26.3 Å². The summed E-state index contributed by atoms with van der Waals surface area (Å²) < 4.78 is 10.2. The smallest absolute Gasteiger partial charge is 0.423 e. The summed E-state index contributed by atoms with van der Waals surface area (Å²) in [6.45, 7) is 0. The van der Waals surface area contributed by atoms with Crippen molar-refractivity contribution in [1.29, 1.82) is 0 Å². The highest BCUT2D eigenvalue weighted by Crippen LogP contribution is 2.39. The fourth-order valence-corrected chi connectivity index (χ4v) is 10.1. The van der Waals surface area contributed by atoms with Gasteiger partial charge in [-0.25, -0.2) is 0 Å². The Balaban J connectivity index is 0.000000136. The maximum absolute atomic E-state index is 9.43. The molecule has 8 aromatic carbocycles. The molecule has 0 radical (unpaired) electrons. The number of aromatic nitrogens is 2. The third kappa shape index (κ3) is 8.25. The van der Waals surface area contributed by atoms with Gasteiger partial charge < -0.3 is 19.2 Å². The lowest BCUT2D eigenvalue weighted by Crippen LogP contribution is -2.29. The molecule has 10 rings (SSSR count). The zero-order valence-electron chi connectivity index (χ0n) is 30.6. The van der Waals surface area contributed by atoms with Crippen molar-refractivity contribution in [3.63, 3.8) is 0 Å². The molecule has 0 aliphatic heterocycles. The second kappa shape index (κ2) is 18.1. The van der Waals surface area contributed by atoms with E-state index in [0.717, 1.165) is 45.4 Å². The van der Waals surface area contributed by atoms with Crippen molar-refractivity contribution in [3.8, 4) is 22.5 Å². The SMILES string of the molecule is Brc1cccc(Br)c1-c1ccc2c(c1)c1ccccc1n2-c1ccccc1.Brc1cccc(Br)c1I.OB(O)c1ccc2c(c1)c1ccccc1n2-c1ccccc1. The van der Waals surface area contributed by atoms with Gasteiger partial charge >= 0.3 is 7.12 Å². The molecule has 2 N–H and O–H groups in total. The van der Waals surface area contributed by atoms with Gasteiger partial charge in [0.05, 0.1) is 22.1 Å². The Morgan fingerprint density at radius 2 is 0.810 bits per heavy atom. The van der Waals surface area contributed by atoms with Crippen molar-refractivity contribution < 1.29 is 10.0 Å². The van der Waals surface area contributed by atoms with Crippen LogP contribution in [0.4, 0.5) is 0 Å². The van der Waals surface area contributed by atoms with Crippen LogP contribution in [-0.2, 0) is 0 Å². The summed E-state index contributed by atoms with van der Waals surface area (Å²) >= 11 is 16.5. The van der Waals surface area contributed by atoms with Crippen LogP contribution >= 0.6 is 86.3 Å². The minimum atomic E-state index is -1.46. The lowest BCUT2D eigenvalue weighted by atomic mass is 9.80. The van der Waals surface area contributed by atoms with Crippen LogP contribution in [0.25, 0.3) is 66.1 Å². The van der Waals surface area contributed by atoms with E-state index in [1.165, 1.54) is 42.2 Å². The van der Waals surface area contributed by atoms with E-state index < -0.39 is 7.12 Å². The van der Waals surface area contributed by atoms with Crippen molar-refractivity contribution >= 4 is 143 Å². The van der Waals surface area contributed by atoms with Gasteiger partial charge in [-0.05, 0) is 144 Å². The van der Waals surface area contributed by atoms with E-state index >= 15 is 0 Å². The van der Waals surface area contributed by atoms with Crippen molar-refractivity contribution in [2.75, 3.05) is 0 Å². The summed E-state index contributed by atoms with van der Waals surface area (Å²) in [6, 6.07) is 62.0. The molecule has 0 fully saturated rings. The minimum absolute atomic E-state index is 0.503. The molecule has 0 saturated heterocycles. The third-order valence-electron chi connectivity index (χ3n) is 9.85. The Labute approximate surface area is 384 Å². The molecule has 10 aromatic rings. The molecule has 0 bridgehead atoms. The zero-order chi connectivity index (χ0) is 40.3. The third-order valence-corrected chi connectivity index (χ3v) is 15.1. The highest BCUT2D eigenvalue weighted by atomic mass is 127. The molecule has 2 heterocycles. The molecule has 0 amide bonds. The van der Waals surface area contributed by atoms with E-state index in [4.69, 9.17) is 0 Å². The number of benzene rings is 8. The van der Waals surface area contributed by atoms with E-state index in [2.05, 4.69) is 205 Å². The fourth-order valence-electron chi connectivity index (χ4n) is 7.24. The Morgan fingerprint density at radius 1 is 0.397 bits per heavy atom. The number of hydrogen-bond donors (Lipinski definition) is 2. The second-order valence-electron chi connectivity index (χ2n) is 13.4. The van der Waals surface area contributed by atoms with E-state index in [0.29, 0.717) is 5.46 Å². The topological polar surface area (TPSA) is 50.3 Å². The average Bonchev–Trinajstić information content (AvgIpc) is 3.76. The number of hydrogen-bond acceptors (Lipinski definition) is 2. The first-order chi connectivity index (χ1) is 28.2. The highest BCUT2D eigenvalue weighted by molar-refractivity contribution is 14.1. The van der Waals surface area contributed by atoms with Crippen molar-refractivity contribution in [2.45, 2.75) is 0 Å². The first-order valence-corrected chi connectivity index (χ1v) is 22.5. The van der Waals surface area contributed by atoms with E-state index in [9.17, 15) is 10.0 Å². The highest BCUT2D eigenvalue weighted by Gasteiger charge is 2.17. The van der Waals surface area contributed by atoms with Crippen molar-refractivity contribution in [2.24, 2.45) is 0 Å². The molecular weight excluding hydrogens is 1090 g/mol. The van der Waals surface area contributed by atoms with Crippen LogP contribution < -0.4 is 5.46 Å². The second-order valence-corrected chi connectivity index (χ2v) is 17.9. The molecule has 4 nitrogen and oxygen atoms in total. The number of halogens is 5. The van der Waals surface area contributed by atoms with Crippen molar-refractivity contribution in [1.82, 2.24) is 9.13 Å². The molecule has 284 valence electrons. The molecule has 0 aliphatic rings. The number of nitrogens with zero attached hydrogens (tertiary/aromatic N) is 2. The van der Waals surface area contributed by atoms with Gasteiger partial charge in [-0.2, -0.15) is 0 Å². The van der Waals surface area contributed by atoms with E-state index in [-0.39, 0.29) is 0 Å². The molecular formula is C48H32BBr4IN2O2. The Kier molecular flexibility index (Phi) is 12.7. The normalized spacial score (nSPS) is 11.0. The van der Waals surface area contributed by atoms with Crippen LogP contribution in [0.5, 0.6) is 0 Å². The molecule has 58 heavy (non-hydrogen) atoms. The number of para-hydroxylation sites is 4. The molecule has 0 unspecified atom stereocenters. The van der Waals surface area contributed by atoms with Crippen LogP contribution in [0.2, 0.25) is 0 Å². The van der Waals surface area contributed by atoms with Gasteiger partial charge in [-0.1, -0.05) is 135 Å². The van der Waals surface area contributed by atoms with Gasteiger partial charge in [0.25, 0.3) is 0 Å². The Hall–Kier alpha value is -4.01. The quantitative estimate of drug-likeness (QED) is 0.105. The summed E-state index contributed by atoms with van der Waals surface area (Å²) in [5.41, 5.74) is 9.74. The van der Waals surface area contributed by atoms with Gasteiger partial charge in [0, 0.05) is 59.9 Å². The Bertz CT molecular complexity index is 3020. The minimum Gasteiger partial charge on any atom is -0.423 e. The van der Waals surface area contributed by atoms with Gasteiger partial charge in [0.2, 0.25) is 0 Å². The summed E-state index contributed by atoms with van der Waals surface area (Å²) in [5, 5.41) is 23.5. The van der Waals surface area contributed by atoms with Gasteiger partial charge in [0.1, 0.15) is 0 Å². The summed E-state index contributed by atoms with van der Waals surface area (Å²) in [7, 11) is -1.46. The summed E-state index contributed by atoms with van der Waals surface area (Å²) in [5.74, 6) is 0. The first-order valence-electron chi connectivity index (χ1n) is 18.3. The van der Waals surface area contributed by atoms with Crippen LogP contribution in [0.15, 0.2) is 200 Å². The molecule has 2 aromatic heterocycles. The zero-order valence-corrected chi connectivity index (χ0v) is 39.1. The average molecular weight is 1130 g/mol. The largest absolute Gasteiger partial charge is 0.488 e. The molecule has 0 aliphatic carbocycles. The van der Waals surface area contributed by atoms with Crippen LogP contribution in [0, 0.1) is 3.57 Å². The summed E-state index contributed by atoms with van der Waals surface area (Å²) in [4.78, 5) is 0. The maximum atomic E-state index is 9.43. The summed E-state index contributed by atoms with van der Waals surface area (Å²) in [6.07, 6.45) is 0. The van der Waals surface area contributed by atoms with E-state index in [1.54, 1.807) is 6.07 Å². The molecule has 10 heteroatoms. The van der Waals surface area contributed by atoms with Crippen molar-refractivity contribution in [3.05, 3.63) is 203 Å². The van der Waals surface area contributed by atoms with Gasteiger partial charge in [-0.3, -0.25) is 0 Å². The van der Waals surface area contributed by atoms with Gasteiger partial charge in [0.15, 0.2) is 0 Å². The lowest BCUT2D eigenvalue weighted by molar-refractivity contribution is 0.426. The Morgan fingerprint density at radius 3 is 1.29 bits per heavy atom. The molecule has 0 atom stereocenters. The van der Waals surface area contributed by atoms with Crippen LogP contribution in [0.3, 0.4) is 0 Å². The van der Waals surface area contributed by atoms with Crippen LogP contribution in [0.1, 0.15) is 0 Å². The number of rotatable bonds is 4. The lowest BCUT2D eigenvalue weighted by Gasteiger charge is -2.10. The predicted molar refractivity (Wildman–Crippen MR) is 267 cm³/mol.